The van der Waals surface area contributed by atoms with Gasteiger partial charge in [0.1, 0.15) is 19.3 Å². The average molecular weight is 1340 g/mol. The molecule has 0 bridgehead atoms. The van der Waals surface area contributed by atoms with Crippen LogP contribution in [-0.4, -0.2) is 96.7 Å². The van der Waals surface area contributed by atoms with E-state index in [0.717, 1.165) is 115 Å². The summed E-state index contributed by atoms with van der Waals surface area (Å²) in [5.41, 5.74) is 0. The van der Waals surface area contributed by atoms with Gasteiger partial charge in [-0.3, -0.25) is 37.3 Å². The smallest absolute Gasteiger partial charge is 0.462 e. The van der Waals surface area contributed by atoms with Gasteiger partial charge in [-0.05, 0) is 49.4 Å². The number of rotatable bonds is 69. The van der Waals surface area contributed by atoms with Gasteiger partial charge in [0, 0.05) is 25.7 Å². The monoisotopic (exact) mass is 1340 g/mol. The van der Waals surface area contributed by atoms with E-state index in [4.69, 9.17) is 37.0 Å². The van der Waals surface area contributed by atoms with Gasteiger partial charge in [0.15, 0.2) is 12.2 Å². The van der Waals surface area contributed by atoms with Crippen LogP contribution < -0.4 is 0 Å². The number of hydrogen-bond donors (Lipinski definition) is 3. The van der Waals surface area contributed by atoms with Gasteiger partial charge in [-0.2, -0.15) is 0 Å². The summed E-state index contributed by atoms with van der Waals surface area (Å²) in [7, 11) is -9.90. The Morgan fingerprint density at radius 2 is 0.462 bits per heavy atom. The molecule has 0 fully saturated rings. The molecule has 540 valence electrons. The molecule has 0 aliphatic carbocycles. The maximum absolute atomic E-state index is 13.0. The second-order valence-corrected chi connectivity index (χ2v) is 30.8. The topological polar surface area (TPSA) is 237 Å². The van der Waals surface area contributed by atoms with E-state index >= 15 is 0 Å². The van der Waals surface area contributed by atoms with Gasteiger partial charge in [-0.25, -0.2) is 9.13 Å². The number of esters is 4. The van der Waals surface area contributed by atoms with Gasteiger partial charge in [-0.1, -0.05) is 306 Å². The Morgan fingerprint density at radius 3 is 0.681 bits per heavy atom. The van der Waals surface area contributed by atoms with Gasteiger partial charge in [0.05, 0.1) is 26.4 Å². The minimum atomic E-state index is -4.95. The Labute approximate surface area is 556 Å². The van der Waals surface area contributed by atoms with Gasteiger partial charge in [-0.15, -0.1) is 0 Å². The summed E-state index contributed by atoms with van der Waals surface area (Å²) in [4.78, 5) is 72.5. The molecule has 0 amide bonds. The quantitative estimate of drug-likeness (QED) is 0.0222. The van der Waals surface area contributed by atoms with Crippen molar-refractivity contribution in [3.63, 3.8) is 0 Å². The standard InChI is InChI=1S/C72H140O17P2/c1-62(2)48-40-32-24-20-16-12-10-9-11-13-18-22-26-38-46-54-71(76)88-67(58-82-69(74)52-44-36-30-28-34-42-50-64(5)6)60-86-90(78,79)84-56-66(73)57-85-91(80,81)87-61-68(59-83-70(75)53-45-37-31-29-35-43-51-65(7)8)89-72(77)55-47-39-27-23-19-15-14-17-21-25-33-41-49-63(3)4/h62-68,73H,9-61H2,1-8H3,(H,78,79)(H,80,81)/t66?,67-,68-/m1/s1. The zero-order valence-corrected chi connectivity index (χ0v) is 61.3. The Hall–Kier alpha value is -1.94. The molecule has 3 N–H and O–H groups in total. The molecule has 0 aromatic carbocycles. The first-order valence-corrected chi connectivity index (χ1v) is 40.2. The van der Waals surface area contributed by atoms with Gasteiger partial charge in [0.25, 0.3) is 0 Å². The summed E-state index contributed by atoms with van der Waals surface area (Å²) in [5, 5.41) is 10.6. The summed E-state index contributed by atoms with van der Waals surface area (Å²) < 4.78 is 68.3. The van der Waals surface area contributed by atoms with Crippen molar-refractivity contribution in [3.05, 3.63) is 0 Å². The van der Waals surface area contributed by atoms with E-state index in [1.807, 2.05) is 0 Å². The number of carbonyl (C=O) groups excluding carboxylic acids is 4. The van der Waals surface area contributed by atoms with Crippen LogP contribution in [0.15, 0.2) is 0 Å². The number of phosphoric acid groups is 2. The number of aliphatic hydroxyl groups is 1. The molecule has 91 heavy (non-hydrogen) atoms. The van der Waals surface area contributed by atoms with E-state index in [-0.39, 0.29) is 25.7 Å². The molecule has 0 saturated heterocycles. The highest BCUT2D eigenvalue weighted by Gasteiger charge is 2.30. The van der Waals surface area contributed by atoms with Crippen LogP contribution in [0.25, 0.3) is 0 Å². The van der Waals surface area contributed by atoms with Gasteiger partial charge in [0.2, 0.25) is 0 Å². The number of aliphatic hydroxyl groups excluding tert-OH is 1. The van der Waals surface area contributed by atoms with Crippen LogP contribution in [0.5, 0.6) is 0 Å². The number of hydrogen-bond acceptors (Lipinski definition) is 15. The zero-order chi connectivity index (χ0) is 67.5. The van der Waals surface area contributed by atoms with Crippen molar-refractivity contribution in [3.8, 4) is 0 Å². The molecule has 0 aromatic heterocycles. The summed E-state index contributed by atoms with van der Waals surface area (Å²) >= 11 is 0. The summed E-state index contributed by atoms with van der Waals surface area (Å²) in [6, 6.07) is 0. The summed E-state index contributed by atoms with van der Waals surface area (Å²) in [6.45, 7) is 14.0. The average Bonchev–Trinajstić information content (AvgIpc) is 3.10. The normalized spacial score (nSPS) is 14.2. The van der Waals surface area contributed by atoms with Crippen LogP contribution in [-0.2, 0) is 65.4 Å². The third-order valence-corrected chi connectivity index (χ3v) is 18.5. The maximum Gasteiger partial charge on any atom is 0.472 e. The largest absolute Gasteiger partial charge is 0.472 e. The lowest BCUT2D eigenvalue weighted by Crippen LogP contribution is -2.30. The van der Waals surface area contributed by atoms with Crippen LogP contribution >= 0.6 is 15.6 Å². The van der Waals surface area contributed by atoms with Crippen molar-refractivity contribution in [1.29, 1.82) is 0 Å². The predicted molar refractivity (Wildman–Crippen MR) is 367 cm³/mol. The van der Waals surface area contributed by atoms with Crippen LogP contribution in [0, 0.1) is 23.7 Å². The zero-order valence-electron chi connectivity index (χ0n) is 59.5. The minimum absolute atomic E-state index is 0.105. The molecule has 19 heteroatoms. The fourth-order valence-electron chi connectivity index (χ4n) is 10.8. The molecule has 0 radical (unpaired) electrons. The van der Waals surface area contributed by atoms with Crippen molar-refractivity contribution in [1.82, 2.24) is 0 Å². The highest BCUT2D eigenvalue weighted by atomic mass is 31.2. The third kappa shape index (κ3) is 66.5. The number of ether oxygens (including phenoxy) is 4. The fraction of sp³-hybridized carbons (Fsp3) is 0.944. The molecular weight excluding hydrogens is 1200 g/mol. The van der Waals surface area contributed by atoms with E-state index in [0.29, 0.717) is 37.5 Å². The first-order valence-electron chi connectivity index (χ1n) is 37.2. The van der Waals surface area contributed by atoms with Crippen molar-refractivity contribution < 1.29 is 80.2 Å². The van der Waals surface area contributed by atoms with Crippen molar-refractivity contribution in [2.75, 3.05) is 39.6 Å². The molecule has 0 spiro atoms. The Bertz CT molecular complexity index is 1800. The van der Waals surface area contributed by atoms with Crippen LogP contribution in [0.1, 0.15) is 357 Å². The van der Waals surface area contributed by atoms with Crippen LogP contribution in [0.3, 0.4) is 0 Å². The molecular formula is C72H140O17P2. The molecule has 0 heterocycles. The molecule has 0 aliphatic heterocycles. The van der Waals surface area contributed by atoms with E-state index in [1.165, 1.54) is 148 Å². The third-order valence-electron chi connectivity index (χ3n) is 16.6. The van der Waals surface area contributed by atoms with Crippen molar-refractivity contribution in [2.45, 2.75) is 375 Å². The second kappa shape index (κ2) is 61.6. The highest BCUT2D eigenvalue weighted by Crippen LogP contribution is 2.45. The molecule has 0 rings (SSSR count). The lowest BCUT2D eigenvalue weighted by Gasteiger charge is -2.21. The van der Waals surface area contributed by atoms with Gasteiger partial charge < -0.3 is 33.8 Å². The van der Waals surface area contributed by atoms with Crippen molar-refractivity contribution >= 4 is 39.5 Å². The fourth-order valence-corrected chi connectivity index (χ4v) is 12.4. The van der Waals surface area contributed by atoms with E-state index in [1.54, 1.807) is 0 Å². The molecule has 3 unspecified atom stereocenters. The first kappa shape index (κ1) is 89.1. The van der Waals surface area contributed by atoms with Crippen LogP contribution in [0.4, 0.5) is 0 Å². The lowest BCUT2D eigenvalue weighted by atomic mass is 10.0. The van der Waals surface area contributed by atoms with Crippen molar-refractivity contribution in [2.24, 2.45) is 23.7 Å². The second-order valence-electron chi connectivity index (χ2n) is 27.9. The Kier molecular flexibility index (Phi) is 60.3. The van der Waals surface area contributed by atoms with Gasteiger partial charge >= 0.3 is 39.5 Å². The number of unbranched alkanes of at least 4 members (excludes halogenated alkanes) is 35. The molecule has 0 aliphatic rings. The Morgan fingerprint density at radius 1 is 0.275 bits per heavy atom. The molecule has 0 aromatic rings. The first-order chi connectivity index (χ1) is 43.6. The molecule has 5 atom stereocenters. The molecule has 0 saturated carbocycles. The summed E-state index contributed by atoms with van der Waals surface area (Å²) in [5.74, 6) is 0.808. The lowest BCUT2D eigenvalue weighted by molar-refractivity contribution is -0.161. The summed E-state index contributed by atoms with van der Waals surface area (Å²) in [6.07, 6.45) is 44.8. The van der Waals surface area contributed by atoms with E-state index in [2.05, 4.69) is 55.4 Å². The minimum Gasteiger partial charge on any atom is -0.462 e. The SMILES string of the molecule is CC(C)CCCCCCCCCCCCCCCCCC(=O)O[C@H](COC(=O)CCCCCCCCC(C)C)COP(=O)(O)OCC(O)COP(=O)(O)OC[C@@H](COC(=O)CCCCCCCCC(C)C)OC(=O)CCCCCCCCCCCCCCC(C)C. The Balaban J connectivity index is 5.19. The maximum atomic E-state index is 13.0. The highest BCUT2D eigenvalue weighted by molar-refractivity contribution is 7.47. The number of carbonyl (C=O) groups is 4. The van der Waals surface area contributed by atoms with Crippen LogP contribution in [0.2, 0.25) is 0 Å². The van der Waals surface area contributed by atoms with E-state index in [9.17, 15) is 43.2 Å². The number of phosphoric ester groups is 2. The molecule has 17 nitrogen and oxygen atoms in total. The van der Waals surface area contributed by atoms with E-state index < -0.39 is 97.5 Å². The predicted octanol–water partition coefficient (Wildman–Crippen LogP) is 20.5.